The predicted molar refractivity (Wildman–Crippen MR) is 101 cm³/mol. The molecule has 4 fully saturated rings. The van der Waals surface area contributed by atoms with Crippen LogP contribution in [-0.2, 0) is 4.79 Å². The highest BCUT2D eigenvalue weighted by Crippen LogP contribution is 2.55. The second kappa shape index (κ2) is 6.86. The van der Waals surface area contributed by atoms with Gasteiger partial charge >= 0.3 is 0 Å². The normalized spacial score (nSPS) is 32.3. The maximum absolute atomic E-state index is 12.5. The predicted octanol–water partition coefficient (Wildman–Crippen LogP) is 3.27. The van der Waals surface area contributed by atoms with Crippen molar-refractivity contribution in [2.75, 3.05) is 0 Å². The number of hydrogen-bond donors (Lipinski definition) is 2. The summed E-state index contributed by atoms with van der Waals surface area (Å²) in [7, 11) is 0. The van der Waals surface area contributed by atoms with Crippen molar-refractivity contribution in [3.63, 3.8) is 0 Å². The van der Waals surface area contributed by atoms with E-state index in [1.54, 1.807) is 19.1 Å². The summed E-state index contributed by atoms with van der Waals surface area (Å²) >= 11 is 0. The molecule has 4 saturated carbocycles. The highest BCUT2D eigenvalue weighted by atomic mass is 16.2. The fraction of sp³-hybridized carbons (Fsp3) is 0.571. The second-order valence-electron chi connectivity index (χ2n) is 8.58. The van der Waals surface area contributed by atoms with E-state index in [0.717, 1.165) is 37.0 Å². The molecule has 5 rings (SSSR count). The molecule has 4 aliphatic rings. The maximum Gasteiger partial charge on any atom is 0.271 e. The van der Waals surface area contributed by atoms with Gasteiger partial charge in [-0.2, -0.15) is 5.10 Å². The van der Waals surface area contributed by atoms with Crippen molar-refractivity contribution in [2.24, 2.45) is 22.9 Å². The second-order valence-corrected chi connectivity index (χ2v) is 8.58. The molecule has 5 nitrogen and oxygen atoms in total. The third kappa shape index (κ3) is 3.67. The van der Waals surface area contributed by atoms with Gasteiger partial charge in [-0.3, -0.25) is 9.59 Å². The lowest BCUT2D eigenvalue weighted by atomic mass is 9.53. The fourth-order valence-corrected chi connectivity index (χ4v) is 5.68. The molecular weight excluding hydrogens is 326 g/mol. The SMILES string of the molecule is C/C(CC(=O)NC12CC3CC(CC(C3)C1)C2)=N\NC(=O)c1ccccc1. The molecule has 4 aliphatic carbocycles. The minimum atomic E-state index is -0.258. The molecule has 26 heavy (non-hydrogen) atoms. The van der Waals surface area contributed by atoms with Gasteiger partial charge in [0.05, 0.1) is 6.42 Å². The minimum Gasteiger partial charge on any atom is -0.350 e. The summed E-state index contributed by atoms with van der Waals surface area (Å²) in [4.78, 5) is 24.6. The number of carbonyl (C=O) groups excluding carboxylic acids is 2. The van der Waals surface area contributed by atoms with Gasteiger partial charge in [0, 0.05) is 16.8 Å². The molecule has 4 bridgehead atoms. The molecular formula is C21H27N3O2. The summed E-state index contributed by atoms with van der Waals surface area (Å²) in [6.07, 6.45) is 7.75. The number of amides is 2. The lowest BCUT2D eigenvalue weighted by Crippen LogP contribution is -2.60. The molecule has 0 heterocycles. The Hall–Kier alpha value is -2.17. The van der Waals surface area contributed by atoms with E-state index in [-0.39, 0.29) is 23.8 Å². The largest absolute Gasteiger partial charge is 0.350 e. The van der Waals surface area contributed by atoms with Crippen LogP contribution in [-0.4, -0.2) is 23.1 Å². The summed E-state index contributed by atoms with van der Waals surface area (Å²) in [5.74, 6) is 2.19. The smallest absolute Gasteiger partial charge is 0.271 e. The Morgan fingerprint density at radius 3 is 2.19 bits per heavy atom. The van der Waals surface area contributed by atoms with Crippen LogP contribution in [0.2, 0.25) is 0 Å². The van der Waals surface area contributed by atoms with Crippen LogP contribution in [0.15, 0.2) is 35.4 Å². The van der Waals surface area contributed by atoms with E-state index < -0.39 is 0 Å². The number of hydrogen-bond acceptors (Lipinski definition) is 3. The first-order valence-electron chi connectivity index (χ1n) is 9.71. The summed E-state index contributed by atoms with van der Waals surface area (Å²) < 4.78 is 0. The number of nitrogens with zero attached hydrogens (tertiary/aromatic N) is 1. The highest BCUT2D eigenvalue weighted by Gasteiger charge is 2.51. The first-order chi connectivity index (χ1) is 12.5. The molecule has 0 atom stereocenters. The lowest BCUT2D eigenvalue weighted by Gasteiger charge is -2.56. The molecule has 138 valence electrons. The molecule has 0 saturated heterocycles. The Labute approximate surface area is 154 Å². The first kappa shape index (κ1) is 17.3. The van der Waals surface area contributed by atoms with Crippen LogP contribution in [0.3, 0.4) is 0 Å². The van der Waals surface area contributed by atoms with Crippen LogP contribution in [0.5, 0.6) is 0 Å². The zero-order valence-electron chi connectivity index (χ0n) is 15.3. The monoisotopic (exact) mass is 353 g/mol. The van der Waals surface area contributed by atoms with Crippen molar-refractivity contribution in [1.29, 1.82) is 0 Å². The Balaban J connectivity index is 1.31. The van der Waals surface area contributed by atoms with E-state index in [2.05, 4.69) is 15.8 Å². The number of benzene rings is 1. The molecule has 1 aromatic rings. The molecule has 0 spiro atoms. The topological polar surface area (TPSA) is 70.6 Å². The molecule has 0 radical (unpaired) electrons. The van der Waals surface area contributed by atoms with Crippen molar-refractivity contribution >= 4 is 17.5 Å². The summed E-state index contributed by atoms with van der Waals surface area (Å²) in [6.45, 7) is 1.78. The molecule has 1 aromatic carbocycles. The van der Waals surface area contributed by atoms with Crippen LogP contribution < -0.4 is 10.7 Å². The third-order valence-electron chi connectivity index (χ3n) is 6.24. The Bertz CT molecular complexity index is 691. The average molecular weight is 353 g/mol. The molecule has 0 aromatic heterocycles. The van der Waals surface area contributed by atoms with Gasteiger partial charge < -0.3 is 5.32 Å². The zero-order valence-corrected chi connectivity index (χ0v) is 15.3. The van der Waals surface area contributed by atoms with E-state index in [1.165, 1.54) is 19.3 Å². The molecule has 0 aliphatic heterocycles. The average Bonchev–Trinajstić information content (AvgIpc) is 2.58. The van der Waals surface area contributed by atoms with E-state index in [0.29, 0.717) is 11.3 Å². The van der Waals surface area contributed by atoms with Crippen LogP contribution in [0.1, 0.15) is 62.2 Å². The van der Waals surface area contributed by atoms with Crippen molar-refractivity contribution in [3.8, 4) is 0 Å². The Kier molecular flexibility index (Phi) is 4.55. The van der Waals surface area contributed by atoms with Gasteiger partial charge in [-0.15, -0.1) is 0 Å². The van der Waals surface area contributed by atoms with Crippen molar-refractivity contribution in [2.45, 2.75) is 57.4 Å². The van der Waals surface area contributed by atoms with Crippen LogP contribution >= 0.6 is 0 Å². The number of rotatable bonds is 5. The van der Waals surface area contributed by atoms with Gasteiger partial charge in [-0.1, -0.05) is 18.2 Å². The zero-order chi connectivity index (χ0) is 18.1. The van der Waals surface area contributed by atoms with Gasteiger partial charge in [0.1, 0.15) is 0 Å². The first-order valence-corrected chi connectivity index (χ1v) is 9.71. The maximum atomic E-state index is 12.5. The van der Waals surface area contributed by atoms with Crippen molar-refractivity contribution < 1.29 is 9.59 Å². The van der Waals surface area contributed by atoms with E-state index in [1.807, 2.05) is 18.2 Å². The van der Waals surface area contributed by atoms with Gasteiger partial charge in [-0.05, 0) is 75.3 Å². The van der Waals surface area contributed by atoms with E-state index >= 15 is 0 Å². The Morgan fingerprint density at radius 1 is 1.04 bits per heavy atom. The molecule has 5 heteroatoms. The van der Waals surface area contributed by atoms with E-state index in [9.17, 15) is 9.59 Å². The number of carbonyl (C=O) groups is 2. The van der Waals surface area contributed by atoms with Crippen LogP contribution in [0, 0.1) is 17.8 Å². The molecule has 0 unspecified atom stereocenters. The minimum absolute atomic E-state index is 0.0272. The molecule has 2 amide bonds. The highest BCUT2D eigenvalue weighted by molar-refractivity contribution is 6.01. The van der Waals surface area contributed by atoms with Crippen molar-refractivity contribution in [3.05, 3.63) is 35.9 Å². The third-order valence-corrected chi connectivity index (χ3v) is 6.24. The van der Waals surface area contributed by atoms with E-state index in [4.69, 9.17) is 0 Å². The van der Waals surface area contributed by atoms with Crippen LogP contribution in [0.25, 0.3) is 0 Å². The van der Waals surface area contributed by atoms with Crippen molar-refractivity contribution in [1.82, 2.24) is 10.7 Å². The Morgan fingerprint density at radius 2 is 1.62 bits per heavy atom. The van der Waals surface area contributed by atoms with Crippen LogP contribution in [0.4, 0.5) is 0 Å². The lowest BCUT2D eigenvalue weighted by molar-refractivity contribution is -0.125. The summed E-state index contributed by atoms with van der Waals surface area (Å²) in [6, 6.07) is 8.95. The standard InChI is InChI=1S/C21H27N3O2/c1-14(23-24-20(26)18-5-3-2-4-6-18)7-19(25)22-21-11-15-8-16(12-21)10-17(9-15)13-21/h2-6,15-17H,7-13H2,1H3,(H,22,25)(H,24,26)/b23-14+. The number of nitrogens with one attached hydrogen (secondary N) is 2. The van der Waals surface area contributed by atoms with Gasteiger partial charge in [-0.25, -0.2) is 5.43 Å². The van der Waals surface area contributed by atoms with Gasteiger partial charge in [0.15, 0.2) is 0 Å². The van der Waals surface area contributed by atoms with Gasteiger partial charge in [0.2, 0.25) is 5.91 Å². The number of hydrazone groups is 1. The van der Waals surface area contributed by atoms with Gasteiger partial charge in [0.25, 0.3) is 5.91 Å². The quantitative estimate of drug-likeness (QED) is 0.630. The summed E-state index contributed by atoms with van der Waals surface area (Å²) in [5.41, 5.74) is 3.74. The summed E-state index contributed by atoms with van der Waals surface area (Å²) in [5, 5.41) is 7.43. The molecule has 2 N–H and O–H groups in total. The fourth-order valence-electron chi connectivity index (χ4n) is 5.68.